The molecule has 0 amide bonds. The van der Waals surface area contributed by atoms with Crippen molar-refractivity contribution in [3.8, 4) is 5.69 Å². The van der Waals surface area contributed by atoms with Crippen LogP contribution in [0.1, 0.15) is 33.4 Å². The molecule has 3 aromatic rings. The number of aliphatic imine (C=N–C) groups is 1. The van der Waals surface area contributed by atoms with Crippen LogP contribution in [0, 0.1) is 0 Å². The lowest BCUT2D eigenvalue weighted by Gasteiger charge is -2.21. The third-order valence-corrected chi connectivity index (χ3v) is 5.08. The highest BCUT2D eigenvalue weighted by Gasteiger charge is 2.05. The Hall–Kier alpha value is -3.15. The van der Waals surface area contributed by atoms with Gasteiger partial charge in [-0.1, -0.05) is 5.21 Å². The lowest BCUT2D eigenvalue weighted by molar-refractivity contribution is 0.801. The van der Waals surface area contributed by atoms with Crippen LogP contribution < -0.4 is 9.80 Å². The van der Waals surface area contributed by atoms with Crippen molar-refractivity contribution in [2.45, 2.75) is 27.7 Å². The summed E-state index contributed by atoms with van der Waals surface area (Å²) in [5.74, 6) is 0. The number of aromatic nitrogens is 3. The highest BCUT2D eigenvalue weighted by molar-refractivity contribution is 5.79. The lowest BCUT2D eigenvalue weighted by Crippen LogP contribution is -2.21. The first kappa shape index (κ1) is 20.6. The van der Waals surface area contributed by atoms with Gasteiger partial charge in [-0.05, 0) is 76.2 Å². The van der Waals surface area contributed by atoms with Crippen molar-refractivity contribution in [3.63, 3.8) is 0 Å². The molecule has 0 bridgehead atoms. The fourth-order valence-electron chi connectivity index (χ4n) is 3.35. The molecule has 152 valence electrons. The maximum atomic E-state index is 4.53. The van der Waals surface area contributed by atoms with Gasteiger partial charge in [-0.15, -0.1) is 5.10 Å². The van der Waals surface area contributed by atoms with Crippen LogP contribution >= 0.6 is 0 Å². The molecule has 29 heavy (non-hydrogen) atoms. The van der Waals surface area contributed by atoms with Crippen LogP contribution in [0.25, 0.3) is 5.69 Å². The first-order valence-electron chi connectivity index (χ1n) is 10.3. The van der Waals surface area contributed by atoms with Gasteiger partial charge in [0.05, 0.1) is 23.8 Å². The van der Waals surface area contributed by atoms with E-state index in [2.05, 4.69) is 89.2 Å². The Morgan fingerprint density at radius 2 is 1.31 bits per heavy atom. The van der Waals surface area contributed by atoms with Gasteiger partial charge in [0.15, 0.2) is 0 Å². The predicted octanol–water partition coefficient (Wildman–Crippen LogP) is 4.71. The smallest absolute Gasteiger partial charge is 0.124 e. The minimum absolute atomic E-state index is 0.727. The molecule has 1 aromatic heterocycles. The number of anilines is 2. The molecule has 0 aliphatic carbocycles. The topological polar surface area (TPSA) is 49.6 Å². The van der Waals surface area contributed by atoms with E-state index in [4.69, 9.17) is 0 Å². The number of hydrogen-bond donors (Lipinski definition) is 0. The SMILES string of the molecule is CCN(CC)c1ccc(N=Cc2cn(-c3ccc(N(CC)CC)cc3)nn2)cc1. The fourth-order valence-corrected chi connectivity index (χ4v) is 3.35. The molecule has 0 aliphatic heterocycles. The molecule has 6 heteroatoms. The Morgan fingerprint density at radius 1 is 0.793 bits per heavy atom. The summed E-state index contributed by atoms with van der Waals surface area (Å²) >= 11 is 0. The highest BCUT2D eigenvalue weighted by atomic mass is 15.4. The molecule has 1 heterocycles. The molecule has 0 saturated heterocycles. The number of hydrogen-bond acceptors (Lipinski definition) is 5. The molecular formula is C23H30N6. The van der Waals surface area contributed by atoms with Gasteiger partial charge in [-0.3, -0.25) is 4.99 Å². The van der Waals surface area contributed by atoms with E-state index < -0.39 is 0 Å². The van der Waals surface area contributed by atoms with Gasteiger partial charge in [-0.25, -0.2) is 4.68 Å². The van der Waals surface area contributed by atoms with Crippen molar-refractivity contribution in [3.05, 3.63) is 60.4 Å². The van der Waals surface area contributed by atoms with Crippen LogP contribution in [0.4, 0.5) is 17.1 Å². The number of nitrogens with zero attached hydrogens (tertiary/aromatic N) is 6. The molecule has 0 radical (unpaired) electrons. The maximum Gasteiger partial charge on any atom is 0.124 e. The van der Waals surface area contributed by atoms with E-state index >= 15 is 0 Å². The zero-order valence-electron chi connectivity index (χ0n) is 17.8. The Bertz CT molecular complexity index is 903. The molecule has 0 unspecified atom stereocenters. The second kappa shape index (κ2) is 9.87. The first-order valence-corrected chi connectivity index (χ1v) is 10.3. The minimum atomic E-state index is 0.727. The normalized spacial score (nSPS) is 11.2. The molecule has 0 aliphatic rings. The van der Waals surface area contributed by atoms with Crippen molar-refractivity contribution in [2.75, 3.05) is 36.0 Å². The van der Waals surface area contributed by atoms with Crippen LogP contribution in [-0.2, 0) is 0 Å². The van der Waals surface area contributed by atoms with E-state index in [1.807, 2.05) is 18.3 Å². The highest BCUT2D eigenvalue weighted by Crippen LogP contribution is 2.20. The summed E-state index contributed by atoms with van der Waals surface area (Å²) in [4.78, 5) is 9.15. The van der Waals surface area contributed by atoms with E-state index in [0.29, 0.717) is 0 Å². The first-order chi connectivity index (χ1) is 14.2. The van der Waals surface area contributed by atoms with E-state index in [9.17, 15) is 0 Å². The van der Waals surface area contributed by atoms with E-state index in [0.717, 1.165) is 43.2 Å². The summed E-state index contributed by atoms with van der Waals surface area (Å²) in [7, 11) is 0. The Balaban J connectivity index is 1.68. The molecule has 6 nitrogen and oxygen atoms in total. The predicted molar refractivity (Wildman–Crippen MR) is 122 cm³/mol. The number of benzene rings is 2. The lowest BCUT2D eigenvalue weighted by atomic mass is 10.2. The molecular weight excluding hydrogens is 360 g/mol. The van der Waals surface area contributed by atoms with E-state index in [1.165, 1.54) is 11.4 Å². The van der Waals surface area contributed by atoms with Crippen molar-refractivity contribution >= 4 is 23.3 Å². The molecule has 0 fully saturated rings. The fraction of sp³-hybridized carbons (Fsp3) is 0.348. The largest absolute Gasteiger partial charge is 0.372 e. The summed E-state index contributed by atoms with van der Waals surface area (Å²) in [6, 6.07) is 16.6. The monoisotopic (exact) mass is 390 g/mol. The maximum absolute atomic E-state index is 4.53. The molecule has 0 saturated carbocycles. The van der Waals surface area contributed by atoms with E-state index in [1.54, 1.807) is 10.9 Å². The third kappa shape index (κ3) is 5.02. The summed E-state index contributed by atoms with van der Waals surface area (Å²) in [5.41, 5.74) is 5.04. The van der Waals surface area contributed by atoms with Gasteiger partial charge in [0.25, 0.3) is 0 Å². The quantitative estimate of drug-likeness (QED) is 0.497. The Labute approximate surface area is 173 Å². The van der Waals surface area contributed by atoms with Crippen molar-refractivity contribution in [1.82, 2.24) is 15.0 Å². The number of rotatable bonds is 9. The standard InChI is InChI=1S/C23H30N6/c1-5-27(6-2)21-11-9-19(10-12-21)24-17-20-18-29(26-25-20)23-15-13-22(14-16-23)28(7-3)8-4/h9-18H,5-8H2,1-4H3. The van der Waals surface area contributed by atoms with Crippen molar-refractivity contribution < 1.29 is 0 Å². The van der Waals surface area contributed by atoms with Crippen molar-refractivity contribution in [2.24, 2.45) is 4.99 Å². The van der Waals surface area contributed by atoms with Gasteiger partial charge >= 0.3 is 0 Å². The van der Waals surface area contributed by atoms with Crippen LogP contribution in [-0.4, -0.2) is 47.4 Å². The van der Waals surface area contributed by atoms with Gasteiger partial charge in [0.1, 0.15) is 5.69 Å². The summed E-state index contributed by atoms with van der Waals surface area (Å²) in [6.45, 7) is 12.6. The van der Waals surface area contributed by atoms with Crippen LogP contribution in [0.15, 0.2) is 59.7 Å². The minimum Gasteiger partial charge on any atom is -0.372 e. The third-order valence-electron chi connectivity index (χ3n) is 5.08. The molecule has 3 rings (SSSR count). The van der Waals surface area contributed by atoms with Crippen molar-refractivity contribution in [1.29, 1.82) is 0 Å². The zero-order valence-corrected chi connectivity index (χ0v) is 17.8. The molecule has 0 N–H and O–H groups in total. The molecule has 0 spiro atoms. The second-order valence-electron chi connectivity index (χ2n) is 6.72. The van der Waals surface area contributed by atoms with Crippen LogP contribution in [0.5, 0.6) is 0 Å². The summed E-state index contributed by atoms with van der Waals surface area (Å²) in [5, 5.41) is 8.44. The average molecular weight is 391 g/mol. The van der Waals surface area contributed by atoms with Crippen LogP contribution in [0.3, 0.4) is 0 Å². The van der Waals surface area contributed by atoms with Gasteiger partial charge in [-0.2, -0.15) is 0 Å². The summed E-state index contributed by atoms with van der Waals surface area (Å²) in [6.07, 6.45) is 3.64. The Morgan fingerprint density at radius 3 is 1.83 bits per heavy atom. The van der Waals surface area contributed by atoms with Crippen LogP contribution in [0.2, 0.25) is 0 Å². The zero-order chi connectivity index (χ0) is 20.6. The van der Waals surface area contributed by atoms with Gasteiger partial charge < -0.3 is 9.80 Å². The second-order valence-corrected chi connectivity index (χ2v) is 6.72. The molecule has 2 aromatic carbocycles. The Kier molecular flexibility index (Phi) is 7.00. The average Bonchev–Trinajstić information content (AvgIpc) is 3.24. The molecule has 0 atom stereocenters. The van der Waals surface area contributed by atoms with E-state index in [-0.39, 0.29) is 0 Å². The van der Waals surface area contributed by atoms with Gasteiger partial charge in [0.2, 0.25) is 0 Å². The van der Waals surface area contributed by atoms with Gasteiger partial charge in [0, 0.05) is 37.6 Å². The summed E-state index contributed by atoms with van der Waals surface area (Å²) < 4.78 is 1.77.